The van der Waals surface area contributed by atoms with Crippen molar-refractivity contribution in [1.29, 1.82) is 0 Å². The molecular formula is C25H30N2O3. The number of carbonyl (C=O) groups excluding carboxylic acids is 2. The van der Waals surface area contributed by atoms with Crippen molar-refractivity contribution in [3.8, 4) is 5.75 Å². The number of hydrogen-bond donors (Lipinski definition) is 0. The Labute approximate surface area is 178 Å². The number of benzene rings is 2. The molecular weight excluding hydrogens is 376 g/mol. The fourth-order valence-electron chi connectivity index (χ4n) is 5.20. The molecule has 4 atom stereocenters. The predicted octanol–water partition coefficient (Wildman–Crippen LogP) is 4.11. The second kappa shape index (κ2) is 8.13. The lowest BCUT2D eigenvalue weighted by atomic mass is 9.78. The number of amides is 2. The van der Waals surface area contributed by atoms with E-state index in [2.05, 4.69) is 13.8 Å². The van der Waals surface area contributed by atoms with Gasteiger partial charge in [-0.25, -0.2) is 0 Å². The van der Waals surface area contributed by atoms with E-state index in [0.29, 0.717) is 17.4 Å². The maximum atomic E-state index is 13.9. The molecule has 2 aliphatic rings. The summed E-state index contributed by atoms with van der Waals surface area (Å²) in [5.41, 5.74) is 2.40. The Kier molecular flexibility index (Phi) is 5.54. The van der Waals surface area contributed by atoms with Gasteiger partial charge in [0, 0.05) is 25.7 Å². The average Bonchev–Trinajstić information content (AvgIpc) is 2.75. The predicted molar refractivity (Wildman–Crippen MR) is 117 cm³/mol. The highest BCUT2D eigenvalue weighted by Crippen LogP contribution is 2.43. The minimum atomic E-state index is -0.421. The van der Waals surface area contributed by atoms with E-state index in [1.165, 1.54) is 0 Å². The highest BCUT2D eigenvalue weighted by molar-refractivity contribution is 6.01. The summed E-state index contributed by atoms with van der Waals surface area (Å²) in [5, 5.41) is 0. The van der Waals surface area contributed by atoms with Crippen LogP contribution in [-0.4, -0.2) is 48.9 Å². The van der Waals surface area contributed by atoms with E-state index in [4.69, 9.17) is 4.74 Å². The van der Waals surface area contributed by atoms with Crippen molar-refractivity contribution in [3.05, 3.63) is 65.2 Å². The van der Waals surface area contributed by atoms with E-state index in [1.807, 2.05) is 53.4 Å². The molecule has 1 saturated heterocycles. The van der Waals surface area contributed by atoms with Gasteiger partial charge in [-0.3, -0.25) is 9.59 Å². The molecule has 2 aromatic rings. The number of hydrogen-bond acceptors (Lipinski definition) is 3. The highest BCUT2D eigenvalue weighted by atomic mass is 16.5. The molecule has 30 heavy (non-hydrogen) atoms. The Morgan fingerprint density at radius 2 is 1.63 bits per heavy atom. The molecule has 0 spiro atoms. The Balaban J connectivity index is 1.80. The molecule has 1 fully saturated rings. The van der Waals surface area contributed by atoms with E-state index < -0.39 is 5.92 Å². The highest BCUT2D eigenvalue weighted by Gasteiger charge is 2.44. The zero-order valence-corrected chi connectivity index (χ0v) is 18.2. The van der Waals surface area contributed by atoms with Crippen LogP contribution in [0.5, 0.6) is 5.75 Å². The van der Waals surface area contributed by atoms with Crippen LogP contribution in [0.25, 0.3) is 0 Å². The number of carbonyl (C=O) groups is 2. The summed E-state index contributed by atoms with van der Waals surface area (Å²) in [5.74, 6) is 1.36. The fourth-order valence-corrected chi connectivity index (χ4v) is 5.20. The van der Waals surface area contributed by atoms with Crippen molar-refractivity contribution in [3.63, 3.8) is 0 Å². The Morgan fingerprint density at radius 1 is 1.00 bits per heavy atom. The van der Waals surface area contributed by atoms with E-state index in [-0.39, 0.29) is 17.9 Å². The molecule has 0 bridgehead atoms. The first-order valence-electron chi connectivity index (χ1n) is 10.7. The summed E-state index contributed by atoms with van der Waals surface area (Å²) in [6.07, 6.45) is 1.14. The number of nitrogens with zero attached hydrogens (tertiary/aromatic N) is 2. The maximum Gasteiger partial charge on any atom is 0.254 e. The molecule has 4 rings (SSSR count). The third-order valence-electron chi connectivity index (χ3n) is 6.48. The van der Waals surface area contributed by atoms with Gasteiger partial charge in [-0.15, -0.1) is 0 Å². The number of ether oxygens (including phenoxy) is 1. The smallest absolute Gasteiger partial charge is 0.254 e. The van der Waals surface area contributed by atoms with Crippen LogP contribution in [0.2, 0.25) is 0 Å². The lowest BCUT2D eigenvalue weighted by Gasteiger charge is -2.43. The molecule has 2 aromatic carbocycles. The molecule has 158 valence electrons. The summed E-state index contributed by atoms with van der Waals surface area (Å²) in [6, 6.07) is 14.9. The number of likely N-dealkylation sites (N-methyl/N-ethyl adjacent to an activating group) is 1. The van der Waals surface area contributed by atoms with Crippen LogP contribution in [0, 0.1) is 11.8 Å². The quantitative estimate of drug-likeness (QED) is 0.771. The van der Waals surface area contributed by atoms with Crippen LogP contribution in [0.1, 0.15) is 53.7 Å². The number of fused-ring (bicyclic) bond motifs is 1. The molecule has 0 aliphatic carbocycles. The lowest BCUT2D eigenvalue weighted by Crippen LogP contribution is -2.50. The number of methoxy groups -OCH3 is 1. The van der Waals surface area contributed by atoms with Crippen molar-refractivity contribution in [2.75, 3.05) is 27.2 Å². The van der Waals surface area contributed by atoms with Gasteiger partial charge < -0.3 is 14.5 Å². The fraction of sp³-hybridized carbons (Fsp3) is 0.440. The molecule has 0 unspecified atom stereocenters. The summed E-state index contributed by atoms with van der Waals surface area (Å²) < 4.78 is 5.30. The minimum absolute atomic E-state index is 0.0455. The van der Waals surface area contributed by atoms with Gasteiger partial charge in [-0.05, 0) is 47.6 Å². The van der Waals surface area contributed by atoms with Gasteiger partial charge in [0.25, 0.3) is 5.91 Å². The molecule has 5 nitrogen and oxygen atoms in total. The van der Waals surface area contributed by atoms with Crippen LogP contribution < -0.4 is 4.74 Å². The molecule has 5 heteroatoms. The molecule has 2 aliphatic heterocycles. The van der Waals surface area contributed by atoms with Crippen LogP contribution in [-0.2, 0) is 4.79 Å². The van der Waals surface area contributed by atoms with Gasteiger partial charge >= 0.3 is 0 Å². The van der Waals surface area contributed by atoms with Gasteiger partial charge in [0.1, 0.15) is 5.75 Å². The Hall–Kier alpha value is -2.82. The molecule has 2 amide bonds. The van der Waals surface area contributed by atoms with Crippen LogP contribution in [0.15, 0.2) is 48.5 Å². The summed E-state index contributed by atoms with van der Waals surface area (Å²) in [7, 11) is 3.43. The van der Waals surface area contributed by atoms with Gasteiger partial charge in [-0.1, -0.05) is 44.2 Å². The Bertz CT molecular complexity index is 930. The average molecular weight is 407 g/mol. The molecule has 0 radical (unpaired) electrons. The van der Waals surface area contributed by atoms with Gasteiger partial charge in [0.15, 0.2) is 0 Å². The zero-order chi connectivity index (χ0) is 21.4. The number of piperidine rings is 1. The lowest BCUT2D eigenvalue weighted by molar-refractivity contribution is -0.137. The van der Waals surface area contributed by atoms with Crippen molar-refractivity contribution >= 4 is 11.8 Å². The first-order valence-corrected chi connectivity index (χ1v) is 10.7. The van der Waals surface area contributed by atoms with Gasteiger partial charge in [0.05, 0.1) is 19.1 Å². The molecule has 2 heterocycles. The number of likely N-dealkylation sites (tertiary alicyclic amines) is 1. The summed E-state index contributed by atoms with van der Waals surface area (Å²) >= 11 is 0. The minimum Gasteiger partial charge on any atom is -0.497 e. The van der Waals surface area contributed by atoms with E-state index >= 15 is 0 Å². The maximum absolute atomic E-state index is 13.9. The van der Waals surface area contributed by atoms with Crippen molar-refractivity contribution in [2.45, 2.75) is 32.2 Å². The zero-order valence-electron chi connectivity index (χ0n) is 18.2. The normalized spacial score (nSPS) is 26.3. The van der Waals surface area contributed by atoms with Crippen LogP contribution in [0.4, 0.5) is 0 Å². The van der Waals surface area contributed by atoms with E-state index in [9.17, 15) is 9.59 Å². The first-order chi connectivity index (χ1) is 14.4. The van der Waals surface area contributed by atoms with Crippen LogP contribution >= 0.6 is 0 Å². The standard InChI is InChI=1S/C25H30N2O3/c1-16-13-17(2)15-27(14-16)25(29)22-20-7-5-6-8-21(20)24(28)26(3)23(22)18-9-11-19(30-4)12-10-18/h5-12,16-17,22-23H,13-15H2,1-4H3/t16-,17-,22+,23+/m0/s1. The second-order valence-corrected chi connectivity index (χ2v) is 8.89. The Morgan fingerprint density at radius 3 is 2.27 bits per heavy atom. The third-order valence-corrected chi connectivity index (χ3v) is 6.48. The largest absolute Gasteiger partial charge is 0.497 e. The monoisotopic (exact) mass is 406 g/mol. The van der Waals surface area contributed by atoms with E-state index in [0.717, 1.165) is 36.4 Å². The number of rotatable bonds is 3. The van der Waals surface area contributed by atoms with Crippen molar-refractivity contribution < 1.29 is 14.3 Å². The first kappa shape index (κ1) is 20.5. The summed E-state index contributed by atoms with van der Waals surface area (Å²) in [6.45, 7) is 5.96. The van der Waals surface area contributed by atoms with Crippen molar-refractivity contribution in [1.82, 2.24) is 9.80 Å². The van der Waals surface area contributed by atoms with Crippen molar-refractivity contribution in [2.24, 2.45) is 11.8 Å². The SMILES string of the molecule is COc1ccc([C@@H]2[C@H](C(=O)N3C[C@@H](C)C[C@H](C)C3)c3ccccc3C(=O)N2C)cc1. The third kappa shape index (κ3) is 3.57. The van der Waals surface area contributed by atoms with Gasteiger partial charge in [0.2, 0.25) is 5.91 Å². The van der Waals surface area contributed by atoms with Crippen LogP contribution in [0.3, 0.4) is 0 Å². The second-order valence-electron chi connectivity index (χ2n) is 8.89. The molecule has 0 aromatic heterocycles. The topological polar surface area (TPSA) is 49.9 Å². The molecule has 0 saturated carbocycles. The summed E-state index contributed by atoms with van der Waals surface area (Å²) in [4.78, 5) is 30.8. The van der Waals surface area contributed by atoms with E-state index in [1.54, 1.807) is 19.1 Å². The molecule has 0 N–H and O–H groups in total. The van der Waals surface area contributed by atoms with Gasteiger partial charge in [-0.2, -0.15) is 0 Å².